The molecule has 25 heavy (non-hydrogen) atoms. The molecule has 0 fully saturated rings. The van der Waals surface area contributed by atoms with Crippen LogP contribution < -0.4 is 5.32 Å². The third kappa shape index (κ3) is 6.73. The predicted molar refractivity (Wildman–Crippen MR) is 101 cm³/mol. The van der Waals surface area contributed by atoms with Crippen LogP contribution in [0.1, 0.15) is 19.4 Å². The number of nitrogens with zero attached hydrogens (tertiary/aromatic N) is 3. The second kappa shape index (κ2) is 8.75. The quantitative estimate of drug-likeness (QED) is 0.540. The van der Waals surface area contributed by atoms with Crippen molar-refractivity contribution in [2.24, 2.45) is 0 Å². The Morgan fingerprint density at radius 3 is 2.56 bits per heavy atom. The highest BCUT2D eigenvalue weighted by Crippen LogP contribution is 2.28. The zero-order chi connectivity index (χ0) is 18.4. The van der Waals surface area contributed by atoms with Crippen molar-refractivity contribution in [2.45, 2.75) is 30.0 Å². The maximum atomic E-state index is 12.2. The molecule has 2 rings (SSSR count). The lowest BCUT2D eigenvalue weighted by Crippen LogP contribution is -2.36. The van der Waals surface area contributed by atoms with Gasteiger partial charge >= 0.3 is 0 Å². The lowest BCUT2D eigenvalue weighted by molar-refractivity contribution is -0.116. The minimum absolute atomic E-state index is 0.137. The molecule has 0 spiro atoms. The van der Waals surface area contributed by atoms with Crippen molar-refractivity contribution < 1.29 is 13.2 Å². The van der Waals surface area contributed by atoms with Gasteiger partial charge in [0.1, 0.15) is 0 Å². The van der Waals surface area contributed by atoms with Crippen LogP contribution in [0.25, 0.3) is 0 Å². The first-order chi connectivity index (χ1) is 11.7. The smallest absolute Gasteiger partial charge is 0.241 e. The lowest BCUT2D eigenvalue weighted by atomic mass is 10.2. The van der Waals surface area contributed by atoms with E-state index in [1.165, 1.54) is 11.3 Å². The number of carbonyl (C=O) groups is 1. The normalized spacial score (nSPS) is 11.9. The number of rotatable bonds is 8. The van der Waals surface area contributed by atoms with E-state index in [-0.39, 0.29) is 13.1 Å². The number of hydrogen-bond donors (Lipinski definition) is 1. The Hall–Kier alpha value is -1.49. The van der Waals surface area contributed by atoms with Crippen LogP contribution in [0.4, 0.5) is 5.13 Å². The molecule has 0 unspecified atom stereocenters. The molecule has 1 aromatic carbocycles. The first-order valence-electron chi connectivity index (χ1n) is 7.53. The molecule has 0 bridgehead atoms. The van der Waals surface area contributed by atoms with Gasteiger partial charge in [0.2, 0.25) is 21.1 Å². The summed E-state index contributed by atoms with van der Waals surface area (Å²) in [5.41, 5.74) is 0.812. The molecule has 1 heterocycles. The number of amides is 1. The Morgan fingerprint density at radius 2 is 1.96 bits per heavy atom. The van der Waals surface area contributed by atoms with Gasteiger partial charge < -0.3 is 0 Å². The van der Waals surface area contributed by atoms with Crippen LogP contribution in [0.5, 0.6) is 0 Å². The summed E-state index contributed by atoms with van der Waals surface area (Å²) < 4.78 is 25.8. The minimum atomic E-state index is -3.53. The molecule has 0 aliphatic carbocycles. The van der Waals surface area contributed by atoms with Gasteiger partial charge in [-0.15, -0.1) is 10.2 Å². The van der Waals surface area contributed by atoms with E-state index in [0.717, 1.165) is 20.5 Å². The number of hydrogen-bond acceptors (Lipinski definition) is 7. The van der Waals surface area contributed by atoms with E-state index in [4.69, 9.17) is 0 Å². The number of thioether (sulfide) groups is 1. The summed E-state index contributed by atoms with van der Waals surface area (Å²) in [6.45, 7) is 3.94. The van der Waals surface area contributed by atoms with Gasteiger partial charge in [0.25, 0.3) is 0 Å². The summed E-state index contributed by atoms with van der Waals surface area (Å²) in [6, 6.07) is 9.13. The monoisotopic (exact) mass is 400 g/mol. The minimum Gasteiger partial charge on any atom is -0.299 e. The molecule has 136 valence electrons. The summed E-state index contributed by atoms with van der Waals surface area (Å²) in [5, 5.41) is 11.2. The highest BCUT2D eigenvalue weighted by molar-refractivity contribution is 8.01. The molecule has 1 N–H and O–H groups in total. The van der Waals surface area contributed by atoms with Gasteiger partial charge in [-0.2, -0.15) is 4.31 Å². The van der Waals surface area contributed by atoms with Crippen molar-refractivity contribution in [1.82, 2.24) is 14.5 Å². The zero-order valence-electron chi connectivity index (χ0n) is 14.2. The highest BCUT2D eigenvalue weighted by atomic mass is 32.2. The fourth-order valence-corrected chi connectivity index (χ4v) is 4.63. The van der Waals surface area contributed by atoms with Crippen molar-refractivity contribution in [2.75, 3.05) is 18.1 Å². The van der Waals surface area contributed by atoms with Gasteiger partial charge in [-0.25, -0.2) is 8.42 Å². The fourth-order valence-electron chi connectivity index (χ4n) is 1.91. The van der Waals surface area contributed by atoms with Crippen LogP contribution >= 0.6 is 23.1 Å². The van der Waals surface area contributed by atoms with E-state index >= 15 is 0 Å². The summed E-state index contributed by atoms with van der Waals surface area (Å²) >= 11 is 2.82. The Bertz CT molecular complexity index is 806. The average Bonchev–Trinajstić information content (AvgIpc) is 2.92. The highest BCUT2D eigenvalue weighted by Gasteiger charge is 2.21. The van der Waals surface area contributed by atoms with E-state index in [1.54, 1.807) is 11.8 Å². The second-order valence-electron chi connectivity index (χ2n) is 5.60. The Morgan fingerprint density at radius 1 is 1.28 bits per heavy atom. The Balaban J connectivity index is 2.01. The van der Waals surface area contributed by atoms with Crippen LogP contribution in [0, 0.1) is 0 Å². The molecule has 0 radical (unpaired) electrons. The van der Waals surface area contributed by atoms with Gasteiger partial charge in [0.15, 0.2) is 4.34 Å². The van der Waals surface area contributed by atoms with E-state index in [1.807, 2.05) is 44.2 Å². The van der Waals surface area contributed by atoms with E-state index < -0.39 is 15.9 Å². The summed E-state index contributed by atoms with van der Waals surface area (Å²) in [7, 11) is -3.53. The molecule has 0 aliphatic rings. The van der Waals surface area contributed by atoms with Crippen LogP contribution in [0.3, 0.4) is 0 Å². The molecule has 0 saturated carbocycles. The van der Waals surface area contributed by atoms with Crippen molar-refractivity contribution >= 4 is 44.2 Å². The van der Waals surface area contributed by atoms with E-state index in [2.05, 4.69) is 15.5 Å². The van der Waals surface area contributed by atoms with Gasteiger partial charge in [-0.3, -0.25) is 10.1 Å². The van der Waals surface area contributed by atoms with Crippen molar-refractivity contribution in [3.05, 3.63) is 35.9 Å². The standard InChI is InChI=1S/C15H20N4O3S3/c1-11(2)23-15-18-17-14(24-15)16-13(20)10-19(25(3,21)22)9-12-7-5-4-6-8-12/h4-8,11H,9-10H2,1-3H3,(H,16,17,20). The maximum absolute atomic E-state index is 12.2. The predicted octanol–water partition coefficient (Wildman–Crippen LogP) is 2.44. The molecule has 2 aromatic rings. The Labute approximate surface area is 155 Å². The molecule has 7 nitrogen and oxygen atoms in total. The number of aromatic nitrogens is 2. The number of carbonyl (C=O) groups excluding carboxylic acids is 1. The summed E-state index contributed by atoms with van der Waals surface area (Å²) in [5.74, 6) is -0.446. The van der Waals surface area contributed by atoms with E-state index in [9.17, 15) is 13.2 Å². The zero-order valence-corrected chi connectivity index (χ0v) is 16.6. The molecule has 0 saturated heterocycles. The Kier molecular flexibility index (Phi) is 6.94. The number of anilines is 1. The number of nitrogens with one attached hydrogen (secondary N) is 1. The third-order valence-corrected chi connectivity index (χ3v) is 6.10. The largest absolute Gasteiger partial charge is 0.299 e. The van der Waals surface area contributed by atoms with Gasteiger partial charge in [0.05, 0.1) is 12.8 Å². The van der Waals surface area contributed by atoms with Gasteiger partial charge in [-0.1, -0.05) is 67.3 Å². The molecule has 1 amide bonds. The number of sulfonamides is 1. The van der Waals surface area contributed by atoms with Crippen LogP contribution in [0.2, 0.25) is 0 Å². The molecular weight excluding hydrogens is 380 g/mol. The summed E-state index contributed by atoms with van der Waals surface area (Å²) in [4.78, 5) is 12.2. The molecule has 0 atom stereocenters. The number of benzene rings is 1. The molecular formula is C15H20N4O3S3. The van der Waals surface area contributed by atoms with Crippen LogP contribution in [-0.2, 0) is 21.4 Å². The van der Waals surface area contributed by atoms with Gasteiger partial charge in [0, 0.05) is 11.8 Å². The van der Waals surface area contributed by atoms with Crippen molar-refractivity contribution in [3.8, 4) is 0 Å². The van der Waals surface area contributed by atoms with Crippen LogP contribution in [0.15, 0.2) is 34.7 Å². The summed E-state index contributed by atoms with van der Waals surface area (Å²) in [6.07, 6.45) is 1.09. The first kappa shape index (κ1) is 19.8. The molecule has 0 aliphatic heterocycles. The topological polar surface area (TPSA) is 92.3 Å². The average molecular weight is 401 g/mol. The maximum Gasteiger partial charge on any atom is 0.241 e. The van der Waals surface area contributed by atoms with E-state index in [0.29, 0.717) is 10.4 Å². The molecule has 10 heteroatoms. The SMILES string of the molecule is CC(C)Sc1nnc(NC(=O)CN(Cc2ccccc2)S(C)(=O)=O)s1. The van der Waals surface area contributed by atoms with Crippen molar-refractivity contribution in [1.29, 1.82) is 0 Å². The molecule has 1 aromatic heterocycles. The van der Waals surface area contributed by atoms with Crippen molar-refractivity contribution in [3.63, 3.8) is 0 Å². The second-order valence-corrected chi connectivity index (χ2v) is 10.4. The van der Waals surface area contributed by atoms with Crippen LogP contribution in [-0.4, -0.2) is 46.9 Å². The first-order valence-corrected chi connectivity index (χ1v) is 11.1. The fraction of sp³-hybridized carbons (Fsp3) is 0.400. The lowest BCUT2D eigenvalue weighted by Gasteiger charge is -2.19. The third-order valence-electron chi connectivity index (χ3n) is 2.98. The van der Waals surface area contributed by atoms with Gasteiger partial charge in [-0.05, 0) is 5.56 Å².